The molecule has 344 valence electrons. The average molecular weight is 923 g/mol. The monoisotopic (exact) mass is 922 g/mol. The predicted molar refractivity (Wildman–Crippen MR) is 234 cm³/mol. The summed E-state index contributed by atoms with van der Waals surface area (Å²) in [5.41, 5.74) is 0.0337. The van der Waals surface area contributed by atoms with Crippen molar-refractivity contribution in [1.29, 1.82) is 0 Å². The van der Waals surface area contributed by atoms with Crippen LogP contribution >= 0.6 is 11.6 Å². The normalized spacial score (nSPS) is 24.1. The lowest BCUT2D eigenvalue weighted by Gasteiger charge is -2.41. The van der Waals surface area contributed by atoms with Gasteiger partial charge in [0.05, 0.1) is 40.7 Å². The van der Waals surface area contributed by atoms with E-state index in [0.29, 0.717) is 69.1 Å². The number of aryl methyl sites for hydroxylation is 2. The number of nitrogens with one attached hydrogen (secondary N) is 3. The zero-order valence-electron chi connectivity index (χ0n) is 36.0. The van der Waals surface area contributed by atoms with Crippen LogP contribution in [-0.4, -0.2) is 92.3 Å². The number of hydrogen-bond acceptors (Lipinski definition) is 11. The summed E-state index contributed by atoms with van der Waals surface area (Å²) in [6.45, 7) is 4.62. The second-order valence-electron chi connectivity index (χ2n) is 18.5. The number of amides is 2. The van der Waals surface area contributed by atoms with Gasteiger partial charge >= 0.3 is 5.92 Å². The number of halogens is 6. The van der Waals surface area contributed by atoms with Crippen molar-refractivity contribution in [2.24, 2.45) is 31.8 Å². The second-order valence-corrected chi connectivity index (χ2v) is 18.9. The molecule has 14 nitrogen and oxygen atoms in total. The van der Waals surface area contributed by atoms with Gasteiger partial charge in [-0.3, -0.25) is 24.4 Å². The number of aromatic nitrogens is 5. The number of nitrogens with zero attached hydrogens (tertiary/aromatic N) is 7. The minimum Gasteiger partial charge on any atom is -0.480 e. The highest BCUT2D eigenvalue weighted by atomic mass is 35.5. The number of imide groups is 1. The number of likely N-dealkylation sites (tertiary alicyclic amines) is 1. The number of hydrogen-bond donors (Lipinski definition) is 3. The van der Waals surface area contributed by atoms with Crippen molar-refractivity contribution >= 4 is 68.4 Å². The number of pyridine rings is 1. The van der Waals surface area contributed by atoms with Crippen LogP contribution < -0.4 is 31.1 Å². The molecule has 3 saturated heterocycles. The van der Waals surface area contributed by atoms with E-state index in [-0.39, 0.29) is 92.1 Å². The van der Waals surface area contributed by atoms with Gasteiger partial charge in [-0.05, 0) is 87.4 Å². The summed E-state index contributed by atoms with van der Waals surface area (Å²) in [6, 6.07) is 2.64. The molecular weight excluding hydrogens is 875 g/mol. The zero-order valence-corrected chi connectivity index (χ0v) is 36.8. The van der Waals surface area contributed by atoms with E-state index in [2.05, 4.69) is 37.9 Å². The van der Waals surface area contributed by atoms with Crippen LogP contribution in [0.4, 0.5) is 45.1 Å². The van der Waals surface area contributed by atoms with Gasteiger partial charge in [-0.2, -0.15) is 10.1 Å². The summed E-state index contributed by atoms with van der Waals surface area (Å²) < 4.78 is 86.3. The summed E-state index contributed by atoms with van der Waals surface area (Å²) >= 11 is 6.57. The summed E-state index contributed by atoms with van der Waals surface area (Å²) in [7, 11) is 3.01. The van der Waals surface area contributed by atoms with Crippen molar-refractivity contribution < 1.29 is 36.3 Å². The van der Waals surface area contributed by atoms with E-state index in [1.807, 2.05) is 4.90 Å². The molecule has 4 fully saturated rings. The Bertz CT molecular complexity index is 2830. The molecule has 65 heavy (non-hydrogen) atoms. The number of rotatable bonds is 8. The fourth-order valence-corrected chi connectivity index (χ4v) is 10.5. The lowest BCUT2D eigenvalue weighted by atomic mass is 9.84. The third kappa shape index (κ3) is 7.80. The van der Waals surface area contributed by atoms with Crippen LogP contribution in [0.5, 0.6) is 5.75 Å². The molecule has 3 aromatic heterocycles. The summed E-state index contributed by atoms with van der Waals surface area (Å²) in [5.74, 6) is -6.72. The minimum absolute atomic E-state index is 0.0385. The number of alkyl halides is 2. The third-order valence-electron chi connectivity index (χ3n) is 14.2. The molecule has 5 aliphatic rings. The van der Waals surface area contributed by atoms with Gasteiger partial charge in [0.1, 0.15) is 22.2 Å². The van der Waals surface area contributed by atoms with Crippen LogP contribution in [-0.2, 0) is 23.7 Å². The summed E-state index contributed by atoms with van der Waals surface area (Å²) in [4.78, 5) is 51.2. The van der Waals surface area contributed by atoms with Crippen molar-refractivity contribution in [1.82, 2.24) is 34.5 Å². The van der Waals surface area contributed by atoms with Crippen molar-refractivity contribution in [3.63, 3.8) is 0 Å². The number of carbonyl (C=O) groups is 2. The predicted octanol–water partition coefficient (Wildman–Crippen LogP) is 7.11. The van der Waals surface area contributed by atoms with Gasteiger partial charge in [-0.15, -0.1) is 0 Å². The smallest absolute Gasteiger partial charge is 0.301 e. The molecule has 20 heteroatoms. The molecule has 0 spiro atoms. The Kier molecular flexibility index (Phi) is 10.9. The Labute approximate surface area is 374 Å². The summed E-state index contributed by atoms with van der Waals surface area (Å²) in [5, 5.41) is 13.3. The first-order chi connectivity index (χ1) is 31.1. The molecule has 4 atom stereocenters. The average Bonchev–Trinajstić information content (AvgIpc) is 4.07. The molecular formula is C45H48ClF5N10O4. The fourth-order valence-electron chi connectivity index (χ4n) is 10.4. The lowest BCUT2D eigenvalue weighted by molar-refractivity contribution is -0.134. The van der Waals surface area contributed by atoms with E-state index in [1.54, 1.807) is 7.05 Å². The molecule has 4 aliphatic heterocycles. The Morgan fingerprint density at radius 3 is 2.46 bits per heavy atom. The first kappa shape index (κ1) is 43.3. The molecule has 5 aromatic rings. The van der Waals surface area contributed by atoms with Crippen LogP contribution in [0.3, 0.4) is 0 Å². The maximum absolute atomic E-state index is 16.2. The molecule has 7 heterocycles. The van der Waals surface area contributed by atoms with Gasteiger partial charge in [0, 0.05) is 62.6 Å². The van der Waals surface area contributed by atoms with Crippen LogP contribution in [0.15, 0.2) is 29.2 Å². The van der Waals surface area contributed by atoms with E-state index >= 15 is 22.0 Å². The largest absolute Gasteiger partial charge is 0.480 e. The topological polar surface area (TPSA) is 152 Å². The quantitative estimate of drug-likeness (QED) is 0.108. The van der Waals surface area contributed by atoms with Crippen molar-refractivity contribution in [3.05, 3.63) is 68.5 Å². The van der Waals surface area contributed by atoms with Crippen LogP contribution in [0, 0.1) is 35.2 Å². The van der Waals surface area contributed by atoms with Gasteiger partial charge in [0.2, 0.25) is 23.5 Å². The lowest BCUT2D eigenvalue weighted by Crippen LogP contribution is -2.45. The molecule has 4 unspecified atom stereocenters. The molecule has 0 radical (unpaired) electrons. The standard InChI is InChI=1S/C45H48ClF5N10O4/c1-21-18-61(13-10-24(21)19-60-11-8-22(9-12-60)34-30(48)14-27-36(57-59(3)38(27)35(34)49)25-6-7-33(62)54-42(25)63)44-52-17-28(46)41(56-44)53-31-15-26-32(16-29(31)47)58(2)43(64)39-37(26)55-40(23-4-5-23)45(50,51)20-65-39/h14-17,21-25,40,55H,4-13,18-20H2,1-3H3,(H,52,53,56)(H,54,62,63). The number of benzene rings is 2. The van der Waals surface area contributed by atoms with Crippen LogP contribution in [0.2, 0.25) is 5.02 Å². The molecule has 3 N–H and O–H groups in total. The second kappa shape index (κ2) is 16.4. The van der Waals surface area contributed by atoms with Gasteiger partial charge in [-0.1, -0.05) is 18.5 Å². The Morgan fingerprint density at radius 2 is 1.74 bits per heavy atom. The number of carbonyl (C=O) groups excluding carboxylic acids is 2. The van der Waals surface area contributed by atoms with E-state index in [0.717, 1.165) is 13.0 Å². The minimum atomic E-state index is -3.23. The molecule has 1 aliphatic carbocycles. The summed E-state index contributed by atoms with van der Waals surface area (Å²) in [6.07, 6.45) is 4.99. The first-order valence-corrected chi connectivity index (χ1v) is 22.5. The number of piperidine rings is 3. The SMILES string of the molecule is CC1CN(c2ncc(Cl)c(Nc3cc4c5c(c(=O)n(C)c4cc3F)OCC(F)(F)C(C3CC3)N5)n2)CCC1CN1CCC(c2c(F)cc3c(C4CCC(=O)NC4=O)nn(C)c3c2F)CC1. The Hall–Kier alpha value is -5.56. The third-order valence-corrected chi connectivity index (χ3v) is 14.5. The van der Waals surface area contributed by atoms with Crippen LogP contribution in [0.25, 0.3) is 21.8 Å². The van der Waals surface area contributed by atoms with E-state index in [4.69, 9.17) is 21.3 Å². The van der Waals surface area contributed by atoms with E-state index < -0.39 is 53.4 Å². The van der Waals surface area contributed by atoms with Crippen LogP contribution in [0.1, 0.15) is 75.0 Å². The molecule has 10 rings (SSSR count). The van der Waals surface area contributed by atoms with E-state index in [1.165, 1.54) is 40.7 Å². The van der Waals surface area contributed by atoms with Crippen molar-refractivity contribution in [2.45, 2.75) is 75.7 Å². The Balaban J connectivity index is 0.801. The number of anilines is 4. The molecule has 0 bridgehead atoms. The Morgan fingerprint density at radius 1 is 0.969 bits per heavy atom. The highest BCUT2D eigenvalue weighted by molar-refractivity contribution is 6.33. The number of fused-ring (bicyclic) bond motifs is 4. The van der Waals surface area contributed by atoms with Crippen molar-refractivity contribution in [3.8, 4) is 5.75 Å². The van der Waals surface area contributed by atoms with Gasteiger partial charge in [-0.25, -0.2) is 26.9 Å². The van der Waals surface area contributed by atoms with E-state index in [9.17, 15) is 14.4 Å². The molecule has 2 aromatic carbocycles. The fraction of sp³-hybridized carbons (Fsp3) is 0.511. The van der Waals surface area contributed by atoms with Gasteiger partial charge in [0.25, 0.3) is 5.56 Å². The molecule has 1 saturated carbocycles. The first-order valence-electron chi connectivity index (χ1n) is 22.1. The molecule has 2 amide bonds. The van der Waals surface area contributed by atoms with Crippen molar-refractivity contribution in [2.75, 3.05) is 54.9 Å². The zero-order chi connectivity index (χ0) is 45.6. The maximum Gasteiger partial charge on any atom is 0.301 e. The van der Waals surface area contributed by atoms with Gasteiger partial charge in [0.15, 0.2) is 18.2 Å². The highest BCUT2D eigenvalue weighted by Crippen LogP contribution is 2.46. The number of ether oxygens (including phenoxy) is 1. The van der Waals surface area contributed by atoms with Gasteiger partial charge < -0.3 is 29.7 Å². The highest BCUT2D eigenvalue weighted by Gasteiger charge is 2.51. The maximum atomic E-state index is 16.2.